The fraction of sp³-hybridized carbons (Fsp3) is 0.455. The van der Waals surface area contributed by atoms with Crippen molar-refractivity contribution in [2.45, 2.75) is 33.2 Å². The Morgan fingerprint density at radius 1 is 1.57 bits per heavy atom. The van der Waals surface area contributed by atoms with Crippen molar-refractivity contribution in [2.24, 2.45) is 0 Å². The van der Waals surface area contributed by atoms with E-state index in [0.717, 1.165) is 12.2 Å². The van der Waals surface area contributed by atoms with Crippen molar-refractivity contribution in [2.75, 3.05) is 0 Å². The molecule has 0 bridgehead atoms. The Morgan fingerprint density at radius 2 is 2.29 bits per heavy atom. The van der Waals surface area contributed by atoms with E-state index >= 15 is 0 Å². The average molecular weight is 191 g/mol. The van der Waals surface area contributed by atoms with Crippen LogP contribution in [0.5, 0.6) is 0 Å². The highest BCUT2D eigenvalue weighted by molar-refractivity contribution is 5.02. The van der Waals surface area contributed by atoms with Gasteiger partial charge in [0.2, 0.25) is 0 Å². The first-order valence-corrected chi connectivity index (χ1v) is 4.87. The normalized spacial score (nSPS) is 11.4. The molecule has 14 heavy (non-hydrogen) atoms. The molecule has 3 heteroatoms. The van der Waals surface area contributed by atoms with Gasteiger partial charge in [0.15, 0.2) is 0 Å². The summed E-state index contributed by atoms with van der Waals surface area (Å²) in [6.45, 7) is 6.93. The topological polar surface area (TPSA) is 41.7 Å². The molecule has 0 radical (unpaired) electrons. The van der Waals surface area contributed by atoms with Gasteiger partial charge in [0.25, 0.3) is 0 Å². The van der Waals surface area contributed by atoms with Gasteiger partial charge in [-0.3, -0.25) is 10.4 Å². The Labute approximate surface area is 84.6 Å². The first-order chi connectivity index (χ1) is 6.65. The molecule has 0 saturated carbocycles. The Morgan fingerprint density at radius 3 is 2.86 bits per heavy atom. The second kappa shape index (κ2) is 4.74. The highest BCUT2D eigenvalue weighted by atomic mass is 15.0. The summed E-state index contributed by atoms with van der Waals surface area (Å²) >= 11 is 0. The van der Waals surface area contributed by atoms with Crippen molar-refractivity contribution in [3.05, 3.63) is 35.7 Å². The van der Waals surface area contributed by atoms with Crippen LogP contribution in [0.2, 0.25) is 0 Å². The van der Waals surface area contributed by atoms with Gasteiger partial charge in [-0.15, -0.1) is 0 Å². The summed E-state index contributed by atoms with van der Waals surface area (Å²) in [5.74, 6) is 0.410. The van der Waals surface area contributed by atoms with Crippen molar-refractivity contribution in [1.82, 2.24) is 9.55 Å². The lowest BCUT2D eigenvalue weighted by atomic mass is 10.1. The fourth-order valence-electron chi connectivity index (χ4n) is 1.14. The molecule has 0 aliphatic heterocycles. The maximum atomic E-state index is 7.65. The second-order valence-electron chi connectivity index (χ2n) is 3.57. The third-order valence-electron chi connectivity index (χ3n) is 2.06. The quantitative estimate of drug-likeness (QED) is 0.730. The number of aromatic nitrogens is 2. The summed E-state index contributed by atoms with van der Waals surface area (Å²) < 4.78 is 1.89. The lowest BCUT2D eigenvalue weighted by Crippen LogP contribution is -2.20. The molecular formula is C11H17N3. The highest BCUT2D eigenvalue weighted by Gasteiger charge is 2.01. The van der Waals surface area contributed by atoms with E-state index in [2.05, 4.69) is 18.8 Å². The van der Waals surface area contributed by atoms with Gasteiger partial charge in [0, 0.05) is 12.7 Å². The van der Waals surface area contributed by atoms with Crippen LogP contribution in [0.1, 0.15) is 32.4 Å². The summed E-state index contributed by atoms with van der Waals surface area (Å²) in [6, 6.07) is 0. The monoisotopic (exact) mass is 191 g/mol. The molecule has 1 heterocycles. The Bertz CT molecular complexity index is 374. The third-order valence-corrected chi connectivity index (χ3v) is 2.06. The molecule has 0 amide bonds. The standard InChI is InChI=1S/C11H17N3/c1-4-5-6-14-8-10(9(2)3)13-7-11(14)12/h4-5,7-9,12H,6H2,1-3H3/b5-4-,12-11?. The molecule has 1 N–H and O–H groups in total. The molecule has 0 aliphatic rings. The first-order valence-electron chi connectivity index (χ1n) is 4.87. The van der Waals surface area contributed by atoms with Gasteiger partial charge in [-0.1, -0.05) is 26.0 Å². The first kappa shape index (κ1) is 10.7. The predicted octanol–water partition coefficient (Wildman–Crippen LogP) is 2.06. The van der Waals surface area contributed by atoms with Crippen LogP contribution in [0.25, 0.3) is 0 Å². The van der Waals surface area contributed by atoms with Crippen molar-refractivity contribution in [3.8, 4) is 0 Å². The lowest BCUT2D eigenvalue weighted by molar-refractivity contribution is 0.695. The van der Waals surface area contributed by atoms with E-state index in [1.54, 1.807) is 6.20 Å². The van der Waals surface area contributed by atoms with Gasteiger partial charge in [-0.2, -0.15) is 0 Å². The minimum atomic E-state index is 0.410. The molecule has 1 aromatic heterocycles. The molecule has 0 spiro atoms. The van der Waals surface area contributed by atoms with E-state index in [0.29, 0.717) is 11.4 Å². The van der Waals surface area contributed by atoms with Crippen LogP contribution < -0.4 is 5.49 Å². The Balaban J connectivity index is 3.02. The summed E-state index contributed by atoms with van der Waals surface area (Å²) in [5.41, 5.74) is 1.48. The molecule has 1 aromatic rings. The fourth-order valence-corrected chi connectivity index (χ4v) is 1.14. The number of allylic oxidation sites excluding steroid dienone is 2. The molecule has 0 saturated heterocycles. The molecule has 0 fully saturated rings. The van der Waals surface area contributed by atoms with Crippen LogP contribution in [0, 0.1) is 5.41 Å². The van der Waals surface area contributed by atoms with Crippen molar-refractivity contribution >= 4 is 0 Å². The molecule has 0 aliphatic carbocycles. The largest absolute Gasteiger partial charge is 0.327 e. The summed E-state index contributed by atoms with van der Waals surface area (Å²) in [6.07, 6.45) is 7.58. The number of hydrogen-bond donors (Lipinski definition) is 1. The van der Waals surface area contributed by atoms with Gasteiger partial charge in [-0.25, -0.2) is 0 Å². The zero-order valence-corrected chi connectivity index (χ0v) is 8.99. The maximum Gasteiger partial charge on any atom is 0.143 e. The number of hydrogen-bond acceptors (Lipinski definition) is 2. The van der Waals surface area contributed by atoms with Gasteiger partial charge < -0.3 is 4.57 Å². The molecule has 3 nitrogen and oxygen atoms in total. The third kappa shape index (κ3) is 2.55. The second-order valence-corrected chi connectivity index (χ2v) is 3.57. The van der Waals surface area contributed by atoms with E-state index in [4.69, 9.17) is 5.41 Å². The van der Waals surface area contributed by atoms with Gasteiger partial charge >= 0.3 is 0 Å². The predicted molar refractivity (Wildman–Crippen MR) is 57.0 cm³/mol. The van der Waals surface area contributed by atoms with E-state index < -0.39 is 0 Å². The van der Waals surface area contributed by atoms with Gasteiger partial charge in [-0.05, 0) is 12.8 Å². The van der Waals surface area contributed by atoms with Crippen LogP contribution in [-0.4, -0.2) is 9.55 Å². The Kier molecular flexibility index (Phi) is 3.63. The van der Waals surface area contributed by atoms with Crippen molar-refractivity contribution in [3.63, 3.8) is 0 Å². The van der Waals surface area contributed by atoms with Crippen LogP contribution in [-0.2, 0) is 6.54 Å². The Hall–Kier alpha value is -1.38. The van der Waals surface area contributed by atoms with Gasteiger partial charge in [0.05, 0.1) is 11.9 Å². The molecular weight excluding hydrogens is 174 g/mol. The van der Waals surface area contributed by atoms with E-state index in [-0.39, 0.29) is 0 Å². The molecule has 0 unspecified atom stereocenters. The van der Waals surface area contributed by atoms with Crippen molar-refractivity contribution in [1.29, 1.82) is 5.41 Å². The summed E-state index contributed by atoms with van der Waals surface area (Å²) in [7, 11) is 0. The van der Waals surface area contributed by atoms with E-state index in [9.17, 15) is 0 Å². The van der Waals surface area contributed by atoms with Crippen LogP contribution in [0.15, 0.2) is 24.5 Å². The van der Waals surface area contributed by atoms with Crippen LogP contribution >= 0.6 is 0 Å². The van der Waals surface area contributed by atoms with Crippen LogP contribution in [0.3, 0.4) is 0 Å². The summed E-state index contributed by atoms with van der Waals surface area (Å²) in [4.78, 5) is 4.21. The number of nitrogens with one attached hydrogen (secondary N) is 1. The lowest BCUT2D eigenvalue weighted by Gasteiger charge is -2.08. The van der Waals surface area contributed by atoms with Crippen molar-refractivity contribution < 1.29 is 0 Å². The zero-order valence-electron chi connectivity index (χ0n) is 8.99. The molecule has 0 atom stereocenters. The number of nitrogens with zero attached hydrogens (tertiary/aromatic N) is 2. The van der Waals surface area contributed by atoms with E-state index in [1.165, 1.54) is 0 Å². The molecule has 0 aromatic carbocycles. The highest BCUT2D eigenvalue weighted by Crippen LogP contribution is 2.07. The molecule has 1 rings (SSSR count). The van der Waals surface area contributed by atoms with Crippen LogP contribution in [0.4, 0.5) is 0 Å². The molecule has 76 valence electrons. The SMILES string of the molecule is C/C=C\Cn1cc(C(C)C)ncc1=N. The summed E-state index contributed by atoms with van der Waals surface area (Å²) in [5, 5.41) is 7.65. The number of rotatable bonds is 3. The van der Waals surface area contributed by atoms with E-state index in [1.807, 2.05) is 29.8 Å². The maximum absolute atomic E-state index is 7.65. The minimum absolute atomic E-state index is 0.410. The van der Waals surface area contributed by atoms with Gasteiger partial charge in [0.1, 0.15) is 5.49 Å². The smallest absolute Gasteiger partial charge is 0.143 e. The zero-order chi connectivity index (χ0) is 10.6. The minimum Gasteiger partial charge on any atom is -0.327 e. The average Bonchev–Trinajstić information content (AvgIpc) is 2.16.